The van der Waals surface area contributed by atoms with Gasteiger partial charge in [-0.3, -0.25) is 9.78 Å². The van der Waals surface area contributed by atoms with Crippen LogP contribution in [0.25, 0.3) is 0 Å². The fourth-order valence-electron chi connectivity index (χ4n) is 3.23. The number of rotatable bonds is 5. The lowest BCUT2D eigenvalue weighted by molar-refractivity contribution is -0.121. The number of amides is 1. The number of aryl methyl sites for hydroxylation is 1. The van der Waals surface area contributed by atoms with E-state index in [2.05, 4.69) is 22.4 Å². The van der Waals surface area contributed by atoms with Crippen LogP contribution in [0.15, 0.2) is 42.7 Å². The molecule has 23 heavy (non-hydrogen) atoms. The van der Waals surface area contributed by atoms with Crippen molar-refractivity contribution in [3.63, 3.8) is 0 Å². The number of aromatic nitrogens is 1. The maximum absolute atomic E-state index is 12.3. The molecule has 0 spiro atoms. The standard InChI is InChI=1S/C19H22N2O2/c1-23-17-5-6-18-15(11-17)3-2-4-16(18)12-19(22)21-13-14-7-9-20-10-8-14/h5-11,16H,2-4,12-13H2,1H3,(H,21,22). The van der Waals surface area contributed by atoms with Crippen LogP contribution >= 0.6 is 0 Å². The highest BCUT2D eigenvalue weighted by Crippen LogP contribution is 2.35. The molecule has 1 aromatic heterocycles. The SMILES string of the molecule is COc1ccc2c(c1)CCCC2CC(=O)NCc1ccncc1. The normalized spacial score (nSPS) is 16.5. The lowest BCUT2D eigenvalue weighted by Gasteiger charge is -2.25. The van der Waals surface area contributed by atoms with Crippen molar-refractivity contribution in [1.82, 2.24) is 10.3 Å². The molecule has 2 aromatic rings. The minimum Gasteiger partial charge on any atom is -0.497 e. The Kier molecular flexibility index (Phi) is 4.91. The van der Waals surface area contributed by atoms with Crippen LogP contribution in [0.4, 0.5) is 0 Å². The average molecular weight is 310 g/mol. The van der Waals surface area contributed by atoms with Gasteiger partial charge in [-0.2, -0.15) is 0 Å². The molecule has 1 atom stereocenters. The zero-order valence-electron chi connectivity index (χ0n) is 13.4. The van der Waals surface area contributed by atoms with E-state index in [1.54, 1.807) is 19.5 Å². The second-order valence-electron chi connectivity index (χ2n) is 5.99. The second kappa shape index (κ2) is 7.27. The van der Waals surface area contributed by atoms with E-state index in [1.165, 1.54) is 11.1 Å². The van der Waals surface area contributed by atoms with E-state index in [0.29, 0.717) is 18.9 Å². The van der Waals surface area contributed by atoms with Gasteiger partial charge < -0.3 is 10.1 Å². The van der Waals surface area contributed by atoms with Gasteiger partial charge in [0.1, 0.15) is 5.75 Å². The molecular formula is C19H22N2O2. The first-order valence-corrected chi connectivity index (χ1v) is 8.08. The Bertz CT molecular complexity index is 670. The van der Waals surface area contributed by atoms with Crippen LogP contribution in [0.3, 0.4) is 0 Å². The van der Waals surface area contributed by atoms with Gasteiger partial charge in [0.15, 0.2) is 0 Å². The molecule has 0 bridgehead atoms. The van der Waals surface area contributed by atoms with E-state index in [1.807, 2.05) is 18.2 Å². The van der Waals surface area contributed by atoms with Crippen molar-refractivity contribution in [2.24, 2.45) is 0 Å². The fourth-order valence-corrected chi connectivity index (χ4v) is 3.23. The number of carbonyl (C=O) groups is 1. The Hall–Kier alpha value is -2.36. The molecule has 1 N–H and O–H groups in total. The number of nitrogens with zero attached hydrogens (tertiary/aromatic N) is 1. The monoisotopic (exact) mass is 310 g/mol. The van der Waals surface area contributed by atoms with Gasteiger partial charge in [-0.15, -0.1) is 0 Å². The van der Waals surface area contributed by atoms with Crippen molar-refractivity contribution in [3.8, 4) is 5.75 Å². The molecule has 1 heterocycles. The summed E-state index contributed by atoms with van der Waals surface area (Å²) in [5, 5.41) is 3.01. The molecule has 3 rings (SSSR count). The highest BCUT2D eigenvalue weighted by Gasteiger charge is 2.22. The first-order valence-electron chi connectivity index (χ1n) is 8.08. The molecule has 1 unspecified atom stereocenters. The topological polar surface area (TPSA) is 51.2 Å². The smallest absolute Gasteiger partial charge is 0.220 e. The number of nitrogens with one attached hydrogen (secondary N) is 1. The highest BCUT2D eigenvalue weighted by molar-refractivity contribution is 5.77. The zero-order chi connectivity index (χ0) is 16.1. The molecule has 1 aromatic carbocycles. The van der Waals surface area contributed by atoms with Crippen LogP contribution in [-0.4, -0.2) is 18.0 Å². The average Bonchev–Trinajstić information content (AvgIpc) is 2.60. The summed E-state index contributed by atoms with van der Waals surface area (Å²) in [6, 6.07) is 10.1. The molecule has 0 saturated heterocycles. The van der Waals surface area contributed by atoms with E-state index in [-0.39, 0.29) is 5.91 Å². The third-order valence-electron chi connectivity index (χ3n) is 4.46. The van der Waals surface area contributed by atoms with Gasteiger partial charge in [0.25, 0.3) is 0 Å². The summed E-state index contributed by atoms with van der Waals surface area (Å²) in [4.78, 5) is 16.2. The van der Waals surface area contributed by atoms with Crippen molar-refractivity contribution in [2.45, 2.75) is 38.1 Å². The van der Waals surface area contributed by atoms with Crippen LogP contribution in [0.2, 0.25) is 0 Å². The lowest BCUT2D eigenvalue weighted by Crippen LogP contribution is -2.25. The van der Waals surface area contributed by atoms with E-state index in [0.717, 1.165) is 30.6 Å². The first kappa shape index (κ1) is 15.5. The Morgan fingerprint density at radius 3 is 2.91 bits per heavy atom. The summed E-state index contributed by atoms with van der Waals surface area (Å²) < 4.78 is 5.30. The Balaban J connectivity index is 1.61. The van der Waals surface area contributed by atoms with Gasteiger partial charge in [-0.1, -0.05) is 6.07 Å². The molecule has 1 aliphatic carbocycles. The van der Waals surface area contributed by atoms with Crippen LogP contribution in [-0.2, 0) is 17.8 Å². The molecule has 0 fully saturated rings. The minimum absolute atomic E-state index is 0.107. The quantitative estimate of drug-likeness (QED) is 0.922. The number of ether oxygens (including phenoxy) is 1. The van der Waals surface area contributed by atoms with Gasteiger partial charge in [-0.05, 0) is 66.1 Å². The van der Waals surface area contributed by atoms with E-state index in [9.17, 15) is 4.79 Å². The number of methoxy groups -OCH3 is 1. The molecule has 120 valence electrons. The summed E-state index contributed by atoms with van der Waals surface area (Å²) in [6.45, 7) is 0.559. The van der Waals surface area contributed by atoms with Gasteiger partial charge in [0.2, 0.25) is 5.91 Å². The third-order valence-corrected chi connectivity index (χ3v) is 4.46. The summed E-state index contributed by atoms with van der Waals surface area (Å²) in [5.41, 5.74) is 3.70. The second-order valence-corrected chi connectivity index (χ2v) is 5.99. The van der Waals surface area contributed by atoms with Crippen LogP contribution in [0.5, 0.6) is 5.75 Å². The molecule has 4 nitrogen and oxygen atoms in total. The van der Waals surface area contributed by atoms with Crippen molar-refractivity contribution >= 4 is 5.91 Å². The number of carbonyl (C=O) groups excluding carboxylic acids is 1. The van der Waals surface area contributed by atoms with E-state index in [4.69, 9.17) is 4.74 Å². The number of fused-ring (bicyclic) bond motifs is 1. The van der Waals surface area contributed by atoms with Crippen LogP contribution in [0, 0.1) is 0 Å². The predicted molar refractivity (Wildman–Crippen MR) is 89.4 cm³/mol. The van der Waals surface area contributed by atoms with Gasteiger partial charge in [0.05, 0.1) is 7.11 Å². The summed E-state index contributed by atoms with van der Waals surface area (Å²) in [7, 11) is 1.69. The Labute approximate surface area is 136 Å². The number of hydrogen-bond acceptors (Lipinski definition) is 3. The molecular weight excluding hydrogens is 288 g/mol. The summed E-state index contributed by atoms with van der Waals surface area (Å²) >= 11 is 0. The predicted octanol–water partition coefficient (Wildman–Crippen LogP) is 3.22. The van der Waals surface area contributed by atoms with Crippen LogP contribution < -0.4 is 10.1 Å². The van der Waals surface area contributed by atoms with Crippen molar-refractivity contribution < 1.29 is 9.53 Å². The minimum atomic E-state index is 0.107. The van der Waals surface area contributed by atoms with Crippen LogP contribution in [0.1, 0.15) is 41.9 Å². The summed E-state index contributed by atoms with van der Waals surface area (Å²) in [5.74, 6) is 1.31. The molecule has 0 saturated carbocycles. The number of pyridine rings is 1. The number of hydrogen-bond donors (Lipinski definition) is 1. The molecule has 1 amide bonds. The van der Waals surface area contributed by atoms with Gasteiger partial charge >= 0.3 is 0 Å². The first-order chi connectivity index (χ1) is 11.3. The Morgan fingerprint density at radius 2 is 2.13 bits per heavy atom. The van der Waals surface area contributed by atoms with Crippen molar-refractivity contribution in [1.29, 1.82) is 0 Å². The number of benzene rings is 1. The van der Waals surface area contributed by atoms with Gasteiger partial charge in [0, 0.05) is 25.4 Å². The van der Waals surface area contributed by atoms with Crippen molar-refractivity contribution in [3.05, 3.63) is 59.4 Å². The van der Waals surface area contributed by atoms with Gasteiger partial charge in [-0.25, -0.2) is 0 Å². The highest BCUT2D eigenvalue weighted by atomic mass is 16.5. The summed E-state index contributed by atoms with van der Waals surface area (Å²) in [6.07, 6.45) is 7.30. The molecule has 0 radical (unpaired) electrons. The Morgan fingerprint density at radius 1 is 1.30 bits per heavy atom. The maximum Gasteiger partial charge on any atom is 0.220 e. The van der Waals surface area contributed by atoms with Crippen molar-refractivity contribution in [2.75, 3.05) is 7.11 Å². The largest absolute Gasteiger partial charge is 0.497 e. The third kappa shape index (κ3) is 3.89. The van der Waals surface area contributed by atoms with E-state index >= 15 is 0 Å². The van der Waals surface area contributed by atoms with E-state index < -0.39 is 0 Å². The lowest BCUT2D eigenvalue weighted by atomic mass is 9.81. The zero-order valence-corrected chi connectivity index (χ0v) is 13.4. The molecule has 4 heteroatoms. The maximum atomic E-state index is 12.3. The fraction of sp³-hybridized carbons (Fsp3) is 0.368. The molecule has 0 aliphatic heterocycles. The molecule has 1 aliphatic rings.